The van der Waals surface area contributed by atoms with Gasteiger partial charge in [0.25, 0.3) is 0 Å². The molecule has 1 aromatic carbocycles. The van der Waals surface area contributed by atoms with Gasteiger partial charge in [0, 0.05) is 13.0 Å². The Labute approximate surface area is 124 Å². The number of carbonyl (C=O) groups excluding carboxylic acids is 1. The van der Waals surface area contributed by atoms with Crippen molar-refractivity contribution in [3.8, 4) is 0 Å². The first-order valence-electron chi connectivity index (χ1n) is 7.13. The Morgan fingerprint density at radius 1 is 1.43 bits per heavy atom. The van der Waals surface area contributed by atoms with Gasteiger partial charge in [-0.1, -0.05) is 18.2 Å². The van der Waals surface area contributed by atoms with Gasteiger partial charge in [-0.15, -0.1) is 0 Å². The summed E-state index contributed by atoms with van der Waals surface area (Å²) in [7, 11) is 0. The lowest BCUT2D eigenvalue weighted by Crippen LogP contribution is -2.36. The second kappa shape index (κ2) is 5.60. The highest BCUT2D eigenvalue weighted by atomic mass is 16.6. The van der Waals surface area contributed by atoms with Crippen LogP contribution in [0.15, 0.2) is 24.5 Å². The van der Waals surface area contributed by atoms with Gasteiger partial charge in [0.05, 0.1) is 24.3 Å². The fourth-order valence-corrected chi connectivity index (χ4v) is 2.57. The monoisotopic (exact) mass is 285 g/mol. The number of rotatable bonds is 2. The summed E-state index contributed by atoms with van der Waals surface area (Å²) in [6.45, 7) is 5.63. The van der Waals surface area contributed by atoms with Crippen molar-refractivity contribution in [2.24, 2.45) is 0 Å². The number of benzene rings is 1. The third-order valence-corrected chi connectivity index (χ3v) is 4.10. The van der Waals surface area contributed by atoms with Crippen molar-refractivity contribution in [1.82, 2.24) is 14.9 Å². The van der Waals surface area contributed by atoms with Crippen LogP contribution in [-0.2, 0) is 24.3 Å². The van der Waals surface area contributed by atoms with Crippen LogP contribution >= 0.6 is 0 Å². The summed E-state index contributed by atoms with van der Waals surface area (Å²) in [4.78, 5) is 21.2. The van der Waals surface area contributed by atoms with E-state index in [0.717, 1.165) is 23.4 Å². The van der Waals surface area contributed by atoms with Crippen molar-refractivity contribution < 1.29 is 9.53 Å². The molecule has 1 aromatic heterocycles. The highest BCUT2D eigenvalue weighted by Gasteiger charge is 2.23. The molecular weight excluding hydrogens is 266 g/mol. The Balaban J connectivity index is 1.61. The number of aromatic amines is 1. The molecule has 0 bridgehead atoms. The number of ether oxygens (including phenoxy) is 1. The van der Waals surface area contributed by atoms with Crippen LogP contribution in [0.2, 0.25) is 0 Å². The van der Waals surface area contributed by atoms with Gasteiger partial charge >= 0.3 is 6.09 Å². The molecule has 110 valence electrons. The van der Waals surface area contributed by atoms with Gasteiger partial charge in [-0.05, 0) is 30.5 Å². The SMILES string of the molecule is Cc1cccc(COC(=O)N2CCc3nc[nH]c3C2)c1C. The molecule has 0 unspecified atom stereocenters. The Kier molecular flexibility index (Phi) is 3.64. The second-order valence-electron chi connectivity index (χ2n) is 5.41. The Bertz CT molecular complexity index is 663. The topological polar surface area (TPSA) is 58.2 Å². The highest BCUT2D eigenvalue weighted by molar-refractivity contribution is 5.68. The summed E-state index contributed by atoms with van der Waals surface area (Å²) in [5, 5.41) is 0. The maximum Gasteiger partial charge on any atom is 0.410 e. The van der Waals surface area contributed by atoms with Crippen molar-refractivity contribution in [3.05, 3.63) is 52.6 Å². The number of aromatic nitrogens is 2. The number of carbonyl (C=O) groups is 1. The lowest BCUT2D eigenvalue weighted by atomic mass is 10.0. The lowest BCUT2D eigenvalue weighted by molar-refractivity contribution is 0.0911. The van der Waals surface area contributed by atoms with E-state index in [2.05, 4.69) is 29.9 Å². The smallest absolute Gasteiger partial charge is 0.410 e. The molecular formula is C16H19N3O2. The maximum atomic E-state index is 12.2. The number of aryl methyl sites for hydroxylation is 1. The van der Waals surface area contributed by atoms with Crippen LogP contribution in [0.3, 0.4) is 0 Å². The van der Waals surface area contributed by atoms with Crippen LogP contribution in [0.1, 0.15) is 28.1 Å². The molecule has 1 amide bonds. The summed E-state index contributed by atoms with van der Waals surface area (Å²) in [5.74, 6) is 0. The minimum Gasteiger partial charge on any atom is -0.445 e. The van der Waals surface area contributed by atoms with Crippen molar-refractivity contribution in [2.75, 3.05) is 6.54 Å². The lowest BCUT2D eigenvalue weighted by Gasteiger charge is -2.25. The van der Waals surface area contributed by atoms with E-state index in [4.69, 9.17) is 4.74 Å². The van der Waals surface area contributed by atoms with Crippen LogP contribution in [0, 0.1) is 13.8 Å². The minimum absolute atomic E-state index is 0.267. The third kappa shape index (κ3) is 2.77. The van der Waals surface area contributed by atoms with Gasteiger partial charge < -0.3 is 14.6 Å². The molecule has 1 N–H and O–H groups in total. The first-order chi connectivity index (χ1) is 10.1. The van der Waals surface area contributed by atoms with Gasteiger partial charge in [0.2, 0.25) is 0 Å². The maximum absolute atomic E-state index is 12.2. The van der Waals surface area contributed by atoms with E-state index in [1.54, 1.807) is 11.2 Å². The van der Waals surface area contributed by atoms with Crippen LogP contribution < -0.4 is 0 Å². The average molecular weight is 285 g/mol. The molecule has 3 rings (SSSR count). The van der Waals surface area contributed by atoms with Gasteiger partial charge in [0.15, 0.2) is 0 Å². The number of fused-ring (bicyclic) bond motifs is 1. The number of amides is 1. The molecule has 0 spiro atoms. The number of hydrogen-bond donors (Lipinski definition) is 1. The van der Waals surface area contributed by atoms with E-state index in [1.807, 2.05) is 12.1 Å². The van der Waals surface area contributed by atoms with E-state index in [0.29, 0.717) is 19.7 Å². The molecule has 0 fully saturated rings. The normalized spacial score (nSPS) is 13.9. The van der Waals surface area contributed by atoms with E-state index in [1.165, 1.54) is 11.1 Å². The molecule has 1 aliphatic heterocycles. The number of H-pyrrole nitrogens is 1. The molecule has 21 heavy (non-hydrogen) atoms. The van der Waals surface area contributed by atoms with Gasteiger partial charge in [-0.3, -0.25) is 0 Å². The van der Waals surface area contributed by atoms with E-state index >= 15 is 0 Å². The summed E-state index contributed by atoms with van der Waals surface area (Å²) in [6.07, 6.45) is 2.18. The molecule has 5 heteroatoms. The van der Waals surface area contributed by atoms with Crippen molar-refractivity contribution in [1.29, 1.82) is 0 Å². The molecule has 2 aromatic rings. The Morgan fingerprint density at radius 2 is 2.29 bits per heavy atom. The summed E-state index contributed by atoms with van der Waals surface area (Å²) in [5.41, 5.74) is 5.50. The van der Waals surface area contributed by atoms with Gasteiger partial charge in [0.1, 0.15) is 6.61 Å². The standard InChI is InChI=1S/C16H19N3O2/c1-11-4-3-5-13(12(11)2)9-21-16(20)19-7-6-14-15(8-19)18-10-17-14/h3-5,10H,6-9H2,1-2H3,(H,17,18). The van der Waals surface area contributed by atoms with E-state index < -0.39 is 0 Å². The molecule has 5 nitrogen and oxygen atoms in total. The second-order valence-corrected chi connectivity index (χ2v) is 5.41. The molecule has 0 saturated heterocycles. The summed E-state index contributed by atoms with van der Waals surface area (Å²) in [6, 6.07) is 6.05. The molecule has 0 saturated carbocycles. The quantitative estimate of drug-likeness (QED) is 0.923. The average Bonchev–Trinajstić information content (AvgIpc) is 2.96. The zero-order valence-electron chi connectivity index (χ0n) is 12.3. The first-order valence-corrected chi connectivity index (χ1v) is 7.13. The minimum atomic E-state index is -0.267. The predicted octanol–water partition coefficient (Wildman–Crippen LogP) is 2.72. The largest absolute Gasteiger partial charge is 0.445 e. The van der Waals surface area contributed by atoms with Crippen molar-refractivity contribution in [3.63, 3.8) is 0 Å². The fourth-order valence-electron chi connectivity index (χ4n) is 2.57. The zero-order valence-corrected chi connectivity index (χ0v) is 12.3. The van der Waals surface area contributed by atoms with E-state index in [-0.39, 0.29) is 6.09 Å². The molecule has 0 radical (unpaired) electrons. The van der Waals surface area contributed by atoms with Gasteiger partial charge in [-0.2, -0.15) is 0 Å². The Hall–Kier alpha value is -2.30. The number of nitrogens with zero attached hydrogens (tertiary/aromatic N) is 2. The van der Waals surface area contributed by atoms with Crippen LogP contribution in [0.4, 0.5) is 4.79 Å². The fraction of sp³-hybridized carbons (Fsp3) is 0.375. The van der Waals surface area contributed by atoms with Crippen LogP contribution in [0.25, 0.3) is 0 Å². The van der Waals surface area contributed by atoms with Crippen LogP contribution in [-0.4, -0.2) is 27.5 Å². The first kappa shape index (κ1) is 13.7. The summed E-state index contributed by atoms with van der Waals surface area (Å²) < 4.78 is 5.45. The number of nitrogens with one attached hydrogen (secondary N) is 1. The van der Waals surface area contributed by atoms with Crippen molar-refractivity contribution >= 4 is 6.09 Å². The molecule has 0 aliphatic carbocycles. The van der Waals surface area contributed by atoms with E-state index in [9.17, 15) is 4.79 Å². The predicted molar refractivity (Wildman–Crippen MR) is 78.8 cm³/mol. The molecule has 2 heterocycles. The number of hydrogen-bond acceptors (Lipinski definition) is 3. The third-order valence-electron chi connectivity index (χ3n) is 4.10. The zero-order chi connectivity index (χ0) is 14.8. The number of imidazole rings is 1. The molecule has 1 aliphatic rings. The summed E-state index contributed by atoms with van der Waals surface area (Å²) >= 11 is 0. The Morgan fingerprint density at radius 3 is 3.14 bits per heavy atom. The van der Waals surface area contributed by atoms with Crippen LogP contribution in [0.5, 0.6) is 0 Å². The van der Waals surface area contributed by atoms with Gasteiger partial charge in [-0.25, -0.2) is 9.78 Å². The molecule has 0 atom stereocenters. The van der Waals surface area contributed by atoms with Crippen molar-refractivity contribution in [2.45, 2.75) is 33.4 Å². The highest BCUT2D eigenvalue weighted by Crippen LogP contribution is 2.17.